The maximum Gasteiger partial charge on any atom is 0.274 e. The molecule has 23 heavy (non-hydrogen) atoms. The Balaban J connectivity index is 2.28. The number of hydrogen-bond acceptors (Lipinski definition) is 7. The van der Waals surface area contributed by atoms with E-state index in [9.17, 15) is 20.1 Å². The summed E-state index contributed by atoms with van der Waals surface area (Å²) in [6.45, 7) is 0. The van der Waals surface area contributed by atoms with E-state index in [-0.39, 0.29) is 11.5 Å². The van der Waals surface area contributed by atoms with Crippen LogP contribution in [-0.4, -0.2) is 31.3 Å². The molecule has 1 unspecified atom stereocenters. The van der Waals surface area contributed by atoms with Crippen molar-refractivity contribution in [3.05, 3.63) is 59.5 Å². The lowest BCUT2D eigenvalue weighted by Crippen LogP contribution is -2.24. The van der Waals surface area contributed by atoms with Crippen LogP contribution in [0.5, 0.6) is 17.2 Å². The quantitative estimate of drug-likeness (QED) is 0.397. The van der Waals surface area contributed by atoms with E-state index in [0.717, 1.165) is 6.08 Å². The molecule has 0 saturated heterocycles. The molecule has 1 atom stereocenters. The molecule has 1 aromatic carbocycles. The SMILES string of the molecule is O=C1C=CC2C(=C1O)Oc1c(ccc(O)c1O)/C2=C\C=C(O)O. The minimum atomic E-state index is -0.931. The summed E-state index contributed by atoms with van der Waals surface area (Å²) < 4.78 is 5.43. The van der Waals surface area contributed by atoms with E-state index in [1.165, 1.54) is 30.4 Å². The molecule has 0 saturated carbocycles. The van der Waals surface area contributed by atoms with Gasteiger partial charge in [0, 0.05) is 11.6 Å². The van der Waals surface area contributed by atoms with Crippen molar-refractivity contribution >= 4 is 11.4 Å². The highest BCUT2D eigenvalue weighted by Gasteiger charge is 2.36. The summed E-state index contributed by atoms with van der Waals surface area (Å²) in [5.74, 6) is -4.08. The molecule has 1 heterocycles. The van der Waals surface area contributed by atoms with Gasteiger partial charge in [-0.25, -0.2) is 0 Å². The predicted octanol–water partition coefficient (Wildman–Crippen LogP) is 2.36. The number of fused-ring (bicyclic) bond motifs is 2. The lowest BCUT2D eigenvalue weighted by molar-refractivity contribution is -0.114. The lowest BCUT2D eigenvalue weighted by Gasteiger charge is -2.30. The first-order valence-corrected chi connectivity index (χ1v) is 6.58. The van der Waals surface area contributed by atoms with E-state index >= 15 is 0 Å². The molecule has 1 aliphatic carbocycles. The standard InChI is InChI=1S/C16H12O7/c17-10-4-1-8-7(3-6-12(19)20)9-2-5-11(18)14(22)16(9)23-15(8)13(10)21/h1-6,8,18-22H/b7-3-. The first kappa shape index (κ1) is 14.6. The van der Waals surface area contributed by atoms with Crippen molar-refractivity contribution in [2.45, 2.75) is 0 Å². The maximum absolute atomic E-state index is 11.6. The zero-order valence-corrected chi connectivity index (χ0v) is 11.6. The molecule has 0 fully saturated rings. The number of aliphatic hydroxyl groups excluding tert-OH is 2. The molecule has 7 nitrogen and oxygen atoms in total. The number of benzene rings is 1. The predicted molar refractivity (Wildman–Crippen MR) is 79.0 cm³/mol. The number of carbonyl (C=O) groups excluding carboxylic acids is 1. The Morgan fingerprint density at radius 1 is 1.17 bits per heavy atom. The van der Waals surface area contributed by atoms with Gasteiger partial charge in [-0.2, -0.15) is 0 Å². The summed E-state index contributed by atoms with van der Waals surface area (Å²) in [4.78, 5) is 11.6. The summed E-state index contributed by atoms with van der Waals surface area (Å²) >= 11 is 0. The van der Waals surface area contributed by atoms with E-state index in [2.05, 4.69) is 0 Å². The van der Waals surface area contributed by atoms with Crippen molar-refractivity contribution in [3.8, 4) is 17.2 Å². The highest BCUT2D eigenvalue weighted by molar-refractivity contribution is 6.04. The molecule has 0 amide bonds. The molecule has 0 bridgehead atoms. The third kappa shape index (κ3) is 2.28. The number of aromatic hydroxyl groups is 2. The highest BCUT2D eigenvalue weighted by atomic mass is 16.5. The van der Waals surface area contributed by atoms with Crippen molar-refractivity contribution in [2.24, 2.45) is 5.92 Å². The normalized spacial score (nSPS) is 20.8. The Kier molecular flexibility index (Phi) is 3.25. The average molecular weight is 316 g/mol. The van der Waals surface area contributed by atoms with Crippen LogP contribution in [0.25, 0.3) is 5.57 Å². The number of hydrogen-bond donors (Lipinski definition) is 5. The van der Waals surface area contributed by atoms with Crippen molar-refractivity contribution in [1.29, 1.82) is 0 Å². The summed E-state index contributed by atoms with van der Waals surface area (Å²) in [6.07, 6.45) is 5.02. The van der Waals surface area contributed by atoms with Crippen LogP contribution in [0.15, 0.2) is 53.9 Å². The van der Waals surface area contributed by atoms with E-state index in [1.807, 2.05) is 0 Å². The smallest absolute Gasteiger partial charge is 0.274 e. The van der Waals surface area contributed by atoms with Gasteiger partial charge in [-0.3, -0.25) is 4.79 Å². The van der Waals surface area contributed by atoms with Gasteiger partial charge >= 0.3 is 0 Å². The number of aliphatic hydroxyl groups is 3. The first-order valence-electron chi connectivity index (χ1n) is 6.58. The van der Waals surface area contributed by atoms with Crippen molar-refractivity contribution in [1.82, 2.24) is 0 Å². The summed E-state index contributed by atoms with van der Waals surface area (Å²) in [5, 5.41) is 47.3. The van der Waals surface area contributed by atoms with E-state index in [0.29, 0.717) is 11.1 Å². The fraction of sp³-hybridized carbons (Fsp3) is 0.0625. The zero-order valence-electron chi connectivity index (χ0n) is 11.6. The third-order valence-corrected chi connectivity index (χ3v) is 3.57. The molecule has 0 spiro atoms. The van der Waals surface area contributed by atoms with Crippen LogP contribution in [0.3, 0.4) is 0 Å². The van der Waals surface area contributed by atoms with Crippen molar-refractivity contribution in [2.75, 3.05) is 0 Å². The second-order valence-corrected chi connectivity index (χ2v) is 4.97. The fourth-order valence-electron chi connectivity index (χ4n) is 2.50. The topological polar surface area (TPSA) is 127 Å². The Morgan fingerprint density at radius 2 is 1.91 bits per heavy atom. The first-order chi connectivity index (χ1) is 10.9. The summed E-state index contributed by atoms with van der Waals surface area (Å²) in [7, 11) is 0. The molecule has 0 radical (unpaired) electrons. The lowest BCUT2D eigenvalue weighted by atomic mass is 9.84. The van der Waals surface area contributed by atoms with E-state index in [1.54, 1.807) is 0 Å². The van der Waals surface area contributed by atoms with Crippen LogP contribution in [0.2, 0.25) is 0 Å². The monoisotopic (exact) mass is 316 g/mol. The van der Waals surface area contributed by atoms with Crippen LogP contribution in [0.4, 0.5) is 0 Å². The van der Waals surface area contributed by atoms with Crippen LogP contribution >= 0.6 is 0 Å². The molecule has 1 aliphatic heterocycles. The Hall–Kier alpha value is -3.35. The van der Waals surface area contributed by atoms with Gasteiger partial charge in [0.2, 0.25) is 17.3 Å². The van der Waals surface area contributed by atoms with Crippen LogP contribution < -0.4 is 4.74 Å². The molecule has 118 valence electrons. The second-order valence-electron chi connectivity index (χ2n) is 4.97. The van der Waals surface area contributed by atoms with E-state index in [4.69, 9.17) is 14.9 Å². The molecule has 1 aromatic rings. The zero-order chi connectivity index (χ0) is 16.7. The van der Waals surface area contributed by atoms with Gasteiger partial charge in [0.15, 0.2) is 17.3 Å². The van der Waals surface area contributed by atoms with Crippen molar-refractivity contribution in [3.63, 3.8) is 0 Å². The summed E-state index contributed by atoms with van der Waals surface area (Å²) in [5.41, 5.74) is 0.811. The third-order valence-electron chi connectivity index (χ3n) is 3.57. The van der Waals surface area contributed by atoms with Gasteiger partial charge in [-0.15, -0.1) is 0 Å². The van der Waals surface area contributed by atoms with Gasteiger partial charge in [-0.05, 0) is 23.8 Å². The maximum atomic E-state index is 11.6. The molecule has 3 rings (SSSR count). The van der Waals surface area contributed by atoms with Gasteiger partial charge in [-0.1, -0.05) is 12.2 Å². The number of phenolic OH excluding ortho intramolecular Hbond substituents is 2. The average Bonchev–Trinajstić information content (AvgIpc) is 2.51. The highest BCUT2D eigenvalue weighted by Crippen LogP contribution is 2.50. The largest absolute Gasteiger partial charge is 0.504 e. The Bertz CT molecular complexity index is 823. The van der Waals surface area contributed by atoms with Gasteiger partial charge in [0.05, 0.1) is 5.92 Å². The molecule has 5 N–H and O–H groups in total. The number of ether oxygens (including phenoxy) is 1. The molecule has 7 heteroatoms. The minimum absolute atomic E-state index is 0.108. The second kappa shape index (κ2) is 5.13. The molecular formula is C16H12O7. The number of carbonyl (C=O) groups is 1. The van der Waals surface area contributed by atoms with Gasteiger partial charge in [0.1, 0.15) is 0 Å². The Labute approximate surface area is 130 Å². The minimum Gasteiger partial charge on any atom is -0.504 e. The van der Waals surface area contributed by atoms with Gasteiger partial charge < -0.3 is 30.3 Å². The van der Waals surface area contributed by atoms with Crippen LogP contribution in [0.1, 0.15) is 5.56 Å². The number of phenols is 2. The number of rotatable bonds is 1. The molecule has 2 aliphatic rings. The number of ketones is 1. The summed E-state index contributed by atoms with van der Waals surface area (Å²) in [6, 6.07) is 2.72. The Morgan fingerprint density at radius 3 is 2.61 bits per heavy atom. The van der Waals surface area contributed by atoms with Gasteiger partial charge in [0.25, 0.3) is 5.95 Å². The fourth-order valence-corrected chi connectivity index (χ4v) is 2.50. The molecule has 0 aromatic heterocycles. The number of allylic oxidation sites excluding steroid dienone is 4. The van der Waals surface area contributed by atoms with E-state index < -0.39 is 34.9 Å². The van der Waals surface area contributed by atoms with Crippen LogP contribution in [-0.2, 0) is 4.79 Å². The van der Waals surface area contributed by atoms with Crippen LogP contribution in [0, 0.1) is 5.92 Å². The van der Waals surface area contributed by atoms with Crippen molar-refractivity contribution < 1.29 is 35.1 Å². The molecular weight excluding hydrogens is 304 g/mol.